The smallest absolute Gasteiger partial charge is 0.261 e. The Morgan fingerprint density at radius 3 is 1.98 bits per heavy atom. The van der Waals surface area contributed by atoms with Gasteiger partial charge in [-0.2, -0.15) is 0 Å². The van der Waals surface area contributed by atoms with Gasteiger partial charge in [0.05, 0.1) is 12.6 Å². The number of nitrogens with zero attached hydrogens (tertiary/aromatic N) is 1. The first-order valence-electron chi connectivity index (χ1n) is 15.0. The fourth-order valence-corrected chi connectivity index (χ4v) is 11.1. The summed E-state index contributed by atoms with van der Waals surface area (Å²) in [5, 5.41) is 2.66. The molecule has 3 rings (SSSR count). The van der Waals surface area contributed by atoms with Crippen molar-refractivity contribution in [3.63, 3.8) is 0 Å². The zero-order valence-electron chi connectivity index (χ0n) is 27.0. The predicted molar refractivity (Wildman–Crippen MR) is 176 cm³/mol. The second-order valence-electron chi connectivity index (χ2n) is 13.7. The van der Waals surface area contributed by atoms with Gasteiger partial charge in [-0.3, -0.25) is 4.90 Å². The van der Waals surface area contributed by atoms with Crippen molar-refractivity contribution >= 4 is 27.0 Å². The van der Waals surface area contributed by atoms with Crippen LogP contribution in [-0.2, 0) is 18.3 Å². The average Bonchev–Trinajstić information content (AvgIpc) is 3.39. The number of benzene rings is 2. The summed E-state index contributed by atoms with van der Waals surface area (Å²) >= 11 is 0. The molecular weight excluding hydrogens is 543 g/mol. The molecule has 5 nitrogen and oxygen atoms in total. The maximum absolute atomic E-state index is 7.36. The molecule has 0 saturated carbocycles. The molecule has 226 valence electrons. The molecule has 0 spiro atoms. The van der Waals surface area contributed by atoms with Gasteiger partial charge in [0, 0.05) is 19.8 Å². The average molecular weight is 596 g/mol. The van der Waals surface area contributed by atoms with E-state index < -0.39 is 16.6 Å². The molecule has 2 aromatic rings. The van der Waals surface area contributed by atoms with Gasteiger partial charge in [0.2, 0.25) is 0 Å². The standard InChI is InChI=1S/C34H53NO4Si2/c1-33(2,3)40(8,9)38-26-29-18-16-24-35(29)30(19-17-25-37-28-36-7)27-39-41(34(4,5)6,31-20-12-10-13-21-31)32-22-14-11-15-23-32/h10-15,20-23,29-30H,16,18,24-28H2,1-9H3/t29-,30+/m0/s1. The van der Waals surface area contributed by atoms with Crippen molar-refractivity contribution in [2.45, 2.75) is 89.6 Å². The minimum Gasteiger partial charge on any atom is -0.415 e. The molecule has 0 radical (unpaired) electrons. The van der Waals surface area contributed by atoms with Crippen molar-refractivity contribution in [2.75, 3.05) is 40.3 Å². The van der Waals surface area contributed by atoms with E-state index in [1.54, 1.807) is 7.11 Å². The number of methoxy groups -OCH3 is 1. The molecule has 0 unspecified atom stereocenters. The topological polar surface area (TPSA) is 40.2 Å². The highest BCUT2D eigenvalue weighted by atomic mass is 28.4. The van der Waals surface area contributed by atoms with Crippen LogP contribution in [0.1, 0.15) is 54.4 Å². The molecule has 1 aliphatic heterocycles. The largest absolute Gasteiger partial charge is 0.415 e. The Balaban J connectivity index is 1.95. The molecule has 2 atom stereocenters. The number of ether oxygens (including phenoxy) is 2. The highest BCUT2D eigenvalue weighted by molar-refractivity contribution is 6.99. The van der Waals surface area contributed by atoms with E-state index in [1.165, 1.54) is 10.4 Å². The third kappa shape index (κ3) is 8.42. The molecule has 41 heavy (non-hydrogen) atoms. The number of rotatable bonds is 12. The Kier molecular flexibility index (Phi) is 12.0. The number of hydrogen-bond donors (Lipinski definition) is 0. The lowest BCUT2D eigenvalue weighted by Gasteiger charge is -2.44. The fourth-order valence-electron chi connectivity index (χ4n) is 5.49. The third-order valence-electron chi connectivity index (χ3n) is 8.78. The van der Waals surface area contributed by atoms with Crippen molar-refractivity contribution in [3.05, 3.63) is 60.7 Å². The Morgan fingerprint density at radius 2 is 1.46 bits per heavy atom. The summed E-state index contributed by atoms with van der Waals surface area (Å²) in [5.74, 6) is 6.83. The number of likely N-dealkylation sites (tertiary alicyclic amines) is 1. The monoisotopic (exact) mass is 595 g/mol. The van der Waals surface area contributed by atoms with Gasteiger partial charge >= 0.3 is 0 Å². The first-order valence-corrected chi connectivity index (χ1v) is 19.8. The van der Waals surface area contributed by atoms with Crippen molar-refractivity contribution in [1.82, 2.24) is 4.90 Å². The second-order valence-corrected chi connectivity index (χ2v) is 22.8. The van der Waals surface area contributed by atoms with Crippen molar-refractivity contribution in [1.29, 1.82) is 0 Å². The quantitative estimate of drug-likeness (QED) is 0.130. The molecule has 1 saturated heterocycles. The zero-order chi connectivity index (χ0) is 30.2. The summed E-state index contributed by atoms with van der Waals surface area (Å²) in [4.78, 5) is 2.54. The van der Waals surface area contributed by atoms with Gasteiger partial charge in [0.15, 0.2) is 8.32 Å². The van der Waals surface area contributed by atoms with Crippen LogP contribution in [0.5, 0.6) is 0 Å². The summed E-state index contributed by atoms with van der Waals surface area (Å²) in [7, 11) is -2.92. The SMILES string of the molecule is COCOCC#C[C@H](CO[Si](c1ccccc1)(c1ccccc1)C(C)(C)C)N1CCC[C@H]1CO[Si](C)(C)C(C)(C)C. The molecule has 2 aromatic carbocycles. The van der Waals surface area contributed by atoms with E-state index in [0.29, 0.717) is 19.3 Å². The molecule has 1 heterocycles. The van der Waals surface area contributed by atoms with Crippen LogP contribution in [0.3, 0.4) is 0 Å². The Morgan fingerprint density at radius 1 is 0.878 bits per heavy atom. The summed E-state index contributed by atoms with van der Waals surface area (Å²) < 4.78 is 24.7. The summed E-state index contributed by atoms with van der Waals surface area (Å²) in [5.41, 5.74) is 0. The predicted octanol–water partition coefficient (Wildman–Crippen LogP) is 6.04. The van der Waals surface area contributed by atoms with E-state index in [2.05, 4.69) is 132 Å². The van der Waals surface area contributed by atoms with Crippen molar-refractivity contribution < 1.29 is 18.3 Å². The van der Waals surface area contributed by atoms with Crippen molar-refractivity contribution in [3.8, 4) is 11.8 Å². The van der Waals surface area contributed by atoms with E-state index >= 15 is 0 Å². The second kappa shape index (κ2) is 14.6. The van der Waals surface area contributed by atoms with Crippen LogP contribution in [0.15, 0.2) is 60.7 Å². The van der Waals surface area contributed by atoms with Gasteiger partial charge in [-0.1, -0.05) is 114 Å². The first kappa shape index (κ1) is 33.7. The Hall–Kier alpha value is -1.77. The maximum atomic E-state index is 7.36. The summed E-state index contributed by atoms with van der Waals surface area (Å²) in [6, 6.07) is 22.0. The van der Waals surface area contributed by atoms with Gasteiger partial charge in [-0.25, -0.2) is 0 Å². The number of hydrogen-bond acceptors (Lipinski definition) is 5. The summed E-state index contributed by atoms with van der Waals surface area (Å²) in [6.45, 7) is 21.4. The molecule has 7 heteroatoms. The van der Waals surface area contributed by atoms with Gasteiger partial charge in [0.25, 0.3) is 8.32 Å². The molecule has 1 fully saturated rings. The lowest BCUT2D eigenvalue weighted by atomic mass is 10.2. The van der Waals surface area contributed by atoms with Crippen LogP contribution in [-0.4, -0.2) is 73.9 Å². The minimum absolute atomic E-state index is 0.0571. The lowest BCUT2D eigenvalue weighted by molar-refractivity contribution is -0.0166. The molecular formula is C34H53NO4Si2. The Bertz CT molecular complexity index is 1080. The molecule has 0 aromatic heterocycles. The highest BCUT2D eigenvalue weighted by Crippen LogP contribution is 2.38. The van der Waals surface area contributed by atoms with Crippen molar-refractivity contribution in [2.24, 2.45) is 0 Å². The van der Waals surface area contributed by atoms with Crippen LogP contribution >= 0.6 is 0 Å². The van der Waals surface area contributed by atoms with Gasteiger partial charge in [-0.05, 0) is 52.9 Å². The molecule has 0 N–H and O–H groups in total. The van der Waals surface area contributed by atoms with E-state index in [1.807, 2.05) is 0 Å². The Labute approximate surface area is 252 Å². The normalized spacial score (nSPS) is 17.7. The molecule has 1 aliphatic rings. The van der Waals surface area contributed by atoms with E-state index in [-0.39, 0.29) is 22.9 Å². The van der Waals surface area contributed by atoms with Crippen LogP contribution in [0, 0.1) is 11.8 Å². The van der Waals surface area contributed by atoms with Crippen LogP contribution in [0.4, 0.5) is 0 Å². The van der Waals surface area contributed by atoms with Crippen LogP contribution < -0.4 is 10.4 Å². The van der Waals surface area contributed by atoms with Crippen LogP contribution in [0.25, 0.3) is 0 Å². The van der Waals surface area contributed by atoms with Gasteiger partial charge in [-0.15, -0.1) is 0 Å². The third-order valence-corrected chi connectivity index (χ3v) is 18.3. The lowest BCUT2D eigenvalue weighted by Crippen LogP contribution is -2.67. The fraction of sp³-hybridized carbons (Fsp3) is 0.588. The van der Waals surface area contributed by atoms with Gasteiger partial charge < -0.3 is 18.3 Å². The van der Waals surface area contributed by atoms with Crippen LogP contribution in [0.2, 0.25) is 23.2 Å². The van der Waals surface area contributed by atoms with E-state index in [9.17, 15) is 0 Å². The minimum atomic E-state index is -2.69. The molecule has 0 amide bonds. The van der Waals surface area contributed by atoms with E-state index in [4.69, 9.17) is 18.3 Å². The first-order chi connectivity index (χ1) is 19.3. The highest BCUT2D eigenvalue weighted by Gasteiger charge is 2.50. The maximum Gasteiger partial charge on any atom is 0.261 e. The summed E-state index contributed by atoms with van der Waals surface area (Å²) in [6.07, 6.45) is 2.26. The molecule has 0 aliphatic carbocycles. The zero-order valence-corrected chi connectivity index (χ0v) is 29.0. The molecule has 0 bridgehead atoms. The van der Waals surface area contributed by atoms with Gasteiger partial charge in [0.1, 0.15) is 13.4 Å². The van der Waals surface area contributed by atoms with E-state index in [0.717, 1.165) is 26.0 Å².